The minimum Gasteiger partial charge on any atom is -0.505 e. The van der Waals surface area contributed by atoms with Crippen molar-refractivity contribution in [1.82, 2.24) is 0 Å². The highest BCUT2D eigenvalue weighted by atomic mass is 19.1. The number of halogens is 1. The number of hydrogen-bond donors (Lipinski definition) is 3. The number of phenols is 1. The number of rotatable bonds is 11. The molecule has 0 bridgehead atoms. The van der Waals surface area contributed by atoms with Crippen molar-refractivity contribution in [1.29, 1.82) is 0 Å². The predicted octanol–water partition coefficient (Wildman–Crippen LogP) is 5.29. The fourth-order valence-corrected chi connectivity index (χ4v) is 6.21. The number of nitrogens with zero attached hydrogens (tertiary/aromatic N) is 2. The molecule has 9 nitrogen and oxygen atoms in total. The van der Waals surface area contributed by atoms with E-state index in [4.69, 9.17) is 0 Å². The second-order valence-electron chi connectivity index (χ2n) is 10.6. The van der Waals surface area contributed by atoms with Gasteiger partial charge in [0.25, 0.3) is 5.69 Å². The number of carbonyl (C=O) groups excluding carboxylic acids is 2. The average Bonchev–Trinajstić information content (AvgIpc) is 3.21. The molecular formula is C31H35FN2O7. The molecule has 2 aromatic carbocycles. The van der Waals surface area contributed by atoms with E-state index in [1.54, 1.807) is 6.07 Å². The van der Waals surface area contributed by atoms with E-state index in [9.17, 15) is 39.4 Å². The standard InChI is InChI=1S/C31H35FN2O7/c1-3-6-18(13-19-10-11-26(36)25(32)14-19)9-12-27(37)28-20(4-2)15-23-29(24(28)17-35)31(39)33(30(23)38)21-7-5-8-22(16-21)34(40)41/h5,7-8,10-11,13-14,16,23-24,27,29,35-37H,3-4,6,9,12,15,17H2,1-2H3/b18-13+/t23-,24+,27-,29-/m1/s1. The lowest BCUT2D eigenvalue weighted by Gasteiger charge is -2.36. The van der Waals surface area contributed by atoms with Crippen molar-refractivity contribution < 1.29 is 34.2 Å². The third-order valence-electron chi connectivity index (χ3n) is 8.12. The molecule has 3 N–H and O–H groups in total. The van der Waals surface area contributed by atoms with Crippen LogP contribution in [0.15, 0.2) is 59.2 Å². The van der Waals surface area contributed by atoms with Crippen molar-refractivity contribution in [2.45, 2.75) is 58.5 Å². The summed E-state index contributed by atoms with van der Waals surface area (Å²) in [6.45, 7) is 3.47. The lowest BCUT2D eigenvalue weighted by Crippen LogP contribution is -2.39. The van der Waals surface area contributed by atoms with Crippen molar-refractivity contribution in [2.75, 3.05) is 11.5 Å². The first-order valence-corrected chi connectivity index (χ1v) is 13.9. The Bertz CT molecular complexity index is 1400. The Morgan fingerprint density at radius 1 is 1.17 bits per heavy atom. The zero-order chi connectivity index (χ0) is 29.8. The Kier molecular flexibility index (Phi) is 9.35. The number of nitro benzene ring substituents is 1. The van der Waals surface area contributed by atoms with Crippen molar-refractivity contribution in [3.05, 3.63) is 80.7 Å². The molecule has 10 heteroatoms. The van der Waals surface area contributed by atoms with E-state index >= 15 is 0 Å². The van der Waals surface area contributed by atoms with Gasteiger partial charge in [-0.1, -0.05) is 49.6 Å². The van der Waals surface area contributed by atoms with Gasteiger partial charge in [-0.15, -0.1) is 0 Å². The van der Waals surface area contributed by atoms with Gasteiger partial charge in [-0.3, -0.25) is 19.7 Å². The summed E-state index contributed by atoms with van der Waals surface area (Å²) in [5.41, 5.74) is 2.84. The summed E-state index contributed by atoms with van der Waals surface area (Å²) in [5, 5.41) is 42.7. The third kappa shape index (κ3) is 6.08. The minimum absolute atomic E-state index is 0.112. The van der Waals surface area contributed by atoms with Crippen LogP contribution < -0.4 is 4.90 Å². The summed E-state index contributed by atoms with van der Waals surface area (Å²) in [5.74, 6) is -4.55. The fraction of sp³-hybridized carbons (Fsp3) is 0.419. The van der Waals surface area contributed by atoms with Gasteiger partial charge in [-0.25, -0.2) is 9.29 Å². The van der Waals surface area contributed by atoms with E-state index in [-0.39, 0.29) is 17.8 Å². The zero-order valence-electron chi connectivity index (χ0n) is 23.1. The summed E-state index contributed by atoms with van der Waals surface area (Å²) in [6, 6.07) is 9.51. The zero-order valence-corrected chi connectivity index (χ0v) is 23.1. The van der Waals surface area contributed by atoms with E-state index in [1.165, 1.54) is 36.4 Å². The monoisotopic (exact) mass is 566 g/mol. The van der Waals surface area contributed by atoms with E-state index in [0.29, 0.717) is 36.8 Å². The summed E-state index contributed by atoms with van der Waals surface area (Å²) in [6.07, 6.45) is 3.97. The molecule has 0 unspecified atom stereocenters. The molecule has 0 spiro atoms. The number of anilines is 1. The van der Waals surface area contributed by atoms with Crippen LogP contribution in [0.5, 0.6) is 5.75 Å². The number of benzene rings is 2. The number of aromatic hydroxyl groups is 1. The Morgan fingerprint density at radius 3 is 2.56 bits per heavy atom. The van der Waals surface area contributed by atoms with Crippen LogP contribution >= 0.6 is 0 Å². The van der Waals surface area contributed by atoms with Gasteiger partial charge in [0.15, 0.2) is 11.6 Å². The highest BCUT2D eigenvalue weighted by Gasteiger charge is 2.55. The number of fused-ring (bicyclic) bond motifs is 1. The topological polar surface area (TPSA) is 141 Å². The molecule has 0 radical (unpaired) electrons. The molecule has 1 aliphatic heterocycles. The summed E-state index contributed by atoms with van der Waals surface area (Å²) in [7, 11) is 0. The van der Waals surface area contributed by atoms with E-state index in [0.717, 1.165) is 22.5 Å². The largest absolute Gasteiger partial charge is 0.505 e. The maximum atomic E-state index is 13.9. The van der Waals surface area contributed by atoms with E-state index in [1.807, 2.05) is 19.9 Å². The molecule has 1 saturated heterocycles. The van der Waals surface area contributed by atoms with Gasteiger partial charge in [-0.05, 0) is 61.4 Å². The third-order valence-corrected chi connectivity index (χ3v) is 8.12. The highest BCUT2D eigenvalue weighted by molar-refractivity contribution is 6.22. The summed E-state index contributed by atoms with van der Waals surface area (Å²) in [4.78, 5) is 38.8. The Balaban J connectivity index is 1.59. The number of aliphatic hydroxyl groups is 2. The van der Waals surface area contributed by atoms with Crippen LogP contribution in [0, 0.1) is 33.7 Å². The molecule has 4 rings (SSSR count). The number of allylic oxidation sites excluding steroid dienone is 2. The first-order valence-electron chi connectivity index (χ1n) is 13.9. The number of non-ortho nitro benzene ring substituents is 1. The smallest absolute Gasteiger partial charge is 0.271 e. The van der Waals surface area contributed by atoms with Crippen LogP contribution in [0.2, 0.25) is 0 Å². The van der Waals surface area contributed by atoms with E-state index < -0.39 is 58.8 Å². The molecule has 1 fully saturated rings. The molecular weight excluding hydrogens is 531 g/mol. The molecule has 0 aromatic heterocycles. The molecule has 1 heterocycles. The van der Waals surface area contributed by atoms with Gasteiger partial charge in [0.1, 0.15) is 0 Å². The molecule has 2 amide bonds. The van der Waals surface area contributed by atoms with Crippen LogP contribution in [-0.2, 0) is 9.59 Å². The Morgan fingerprint density at radius 2 is 1.93 bits per heavy atom. The van der Waals surface area contributed by atoms with Crippen LogP contribution in [0.3, 0.4) is 0 Å². The maximum absolute atomic E-state index is 13.9. The summed E-state index contributed by atoms with van der Waals surface area (Å²) < 4.78 is 13.9. The predicted molar refractivity (Wildman–Crippen MR) is 151 cm³/mol. The second kappa shape index (κ2) is 12.7. The van der Waals surface area contributed by atoms with Gasteiger partial charge >= 0.3 is 0 Å². The van der Waals surface area contributed by atoms with Crippen molar-refractivity contribution in [3.8, 4) is 5.75 Å². The first kappa shape index (κ1) is 30.1. The van der Waals surface area contributed by atoms with Crippen LogP contribution in [0.25, 0.3) is 6.08 Å². The number of hydrogen-bond acceptors (Lipinski definition) is 7. The molecule has 0 saturated carbocycles. The number of phenolic OH excluding ortho intramolecular Hbond substituents is 1. The fourth-order valence-electron chi connectivity index (χ4n) is 6.21. The Hall–Kier alpha value is -3.89. The van der Waals surface area contributed by atoms with Crippen molar-refractivity contribution in [3.63, 3.8) is 0 Å². The van der Waals surface area contributed by atoms with Gasteiger partial charge < -0.3 is 15.3 Å². The SMILES string of the molecule is CCC/C(=C\c1ccc(O)c(F)c1)CC[C@@H](O)C1=C(CC)C[C@H]2C(=O)N(c3cccc([N+](=O)[O-])c3)C(=O)[C@H]2[C@H]1CO. The lowest BCUT2D eigenvalue weighted by atomic mass is 9.67. The minimum atomic E-state index is -0.977. The average molecular weight is 567 g/mol. The van der Waals surface area contributed by atoms with Crippen LogP contribution in [0.1, 0.15) is 57.9 Å². The van der Waals surface area contributed by atoms with Gasteiger partial charge in [0.2, 0.25) is 11.8 Å². The number of imide groups is 1. The van der Waals surface area contributed by atoms with Crippen LogP contribution in [-0.4, -0.2) is 44.8 Å². The quantitative estimate of drug-likeness (QED) is 0.145. The Labute approximate surface area is 237 Å². The van der Waals surface area contributed by atoms with Gasteiger partial charge in [-0.2, -0.15) is 0 Å². The number of carbonyl (C=O) groups is 2. The number of nitro groups is 1. The maximum Gasteiger partial charge on any atom is 0.271 e. The van der Waals surface area contributed by atoms with Crippen molar-refractivity contribution in [2.24, 2.45) is 17.8 Å². The van der Waals surface area contributed by atoms with Gasteiger partial charge in [0.05, 0.1) is 35.2 Å². The highest BCUT2D eigenvalue weighted by Crippen LogP contribution is 2.48. The molecule has 2 aromatic rings. The molecule has 2 aliphatic rings. The number of amides is 2. The molecule has 41 heavy (non-hydrogen) atoms. The van der Waals surface area contributed by atoms with Crippen LogP contribution in [0.4, 0.5) is 15.8 Å². The molecule has 218 valence electrons. The summed E-state index contributed by atoms with van der Waals surface area (Å²) >= 11 is 0. The number of aliphatic hydroxyl groups excluding tert-OH is 2. The van der Waals surface area contributed by atoms with Crippen molar-refractivity contribution >= 4 is 29.3 Å². The first-order chi connectivity index (χ1) is 19.6. The second-order valence-corrected chi connectivity index (χ2v) is 10.6. The lowest BCUT2D eigenvalue weighted by molar-refractivity contribution is -0.384. The molecule has 1 aliphatic carbocycles. The normalized spacial score (nSPS) is 21.8. The molecule has 4 atom stereocenters. The van der Waals surface area contributed by atoms with E-state index in [2.05, 4.69) is 0 Å². The van der Waals surface area contributed by atoms with Gasteiger partial charge in [0, 0.05) is 18.1 Å².